The summed E-state index contributed by atoms with van der Waals surface area (Å²) < 4.78 is 9.51. The van der Waals surface area contributed by atoms with E-state index in [-0.39, 0.29) is 19.0 Å². The number of carbonyl (C=O) groups excluding carboxylic acids is 2. The molecule has 0 amide bonds. The van der Waals surface area contributed by atoms with E-state index in [0.717, 1.165) is 6.08 Å². The molecule has 0 fully saturated rings. The maximum Gasteiger partial charge on any atom is 0.338 e. The van der Waals surface area contributed by atoms with Crippen LogP contribution in [0.1, 0.15) is 34.8 Å². The number of carboxylic acids is 1. The van der Waals surface area contributed by atoms with Crippen molar-refractivity contribution in [3.63, 3.8) is 0 Å². The minimum Gasteiger partial charge on any atom is -0.478 e. The SMILES string of the molecule is CCOC(=O)c1ccc(/C=C/C(=O)O)c(CCC(=O)OC)c1. The van der Waals surface area contributed by atoms with Crippen LogP contribution in [0.2, 0.25) is 0 Å². The summed E-state index contributed by atoms with van der Waals surface area (Å²) in [6.07, 6.45) is 2.89. The van der Waals surface area contributed by atoms with Gasteiger partial charge in [0.15, 0.2) is 0 Å². The Morgan fingerprint density at radius 3 is 2.59 bits per heavy atom. The van der Waals surface area contributed by atoms with Gasteiger partial charge in [0.25, 0.3) is 0 Å². The summed E-state index contributed by atoms with van der Waals surface area (Å²) in [7, 11) is 1.29. The van der Waals surface area contributed by atoms with Crippen LogP contribution in [0.3, 0.4) is 0 Å². The molecule has 0 aliphatic carbocycles. The molecule has 6 heteroatoms. The molecule has 0 bridgehead atoms. The Morgan fingerprint density at radius 2 is 2.00 bits per heavy atom. The number of benzene rings is 1. The number of methoxy groups -OCH3 is 1. The number of ether oxygens (including phenoxy) is 2. The van der Waals surface area contributed by atoms with Crippen molar-refractivity contribution in [1.29, 1.82) is 0 Å². The average molecular weight is 306 g/mol. The van der Waals surface area contributed by atoms with Gasteiger partial charge in [0, 0.05) is 12.5 Å². The highest BCUT2D eigenvalue weighted by atomic mass is 16.5. The lowest BCUT2D eigenvalue weighted by atomic mass is 9.99. The van der Waals surface area contributed by atoms with Gasteiger partial charge >= 0.3 is 17.9 Å². The van der Waals surface area contributed by atoms with E-state index in [4.69, 9.17) is 9.84 Å². The minimum atomic E-state index is -1.08. The molecule has 0 heterocycles. The molecule has 0 saturated heterocycles. The van der Waals surface area contributed by atoms with Gasteiger partial charge < -0.3 is 14.6 Å². The van der Waals surface area contributed by atoms with Crippen LogP contribution in [-0.2, 0) is 25.5 Å². The molecule has 1 N–H and O–H groups in total. The first kappa shape index (κ1) is 17.4. The normalized spacial score (nSPS) is 10.5. The lowest BCUT2D eigenvalue weighted by Gasteiger charge is -2.09. The second kappa shape index (κ2) is 8.61. The van der Waals surface area contributed by atoms with Gasteiger partial charge in [-0.3, -0.25) is 4.79 Å². The van der Waals surface area contributed by atoms with Crippen molar-refractivity contribution < 1.29 is 29.0 Å². The third kappa shape index (κ3) is 5.40. The summed E-state index contributed by atoms with van der Waals surface area (Å²) in [5.74, 6) is -1.92. The zero-order valence-electron chi connectivity index (χ0n) is 12.5. The van der Waals surface area contributed by atoms with E-state index in [2.05, 4.69) is 4.74 Å². The Labute approximate surface area is 128 Å². The third-order valence-electron chi connectivity index (χ3n) is 2.89. The molecule has 1 rings (SSSR count). The minimum absolute atomic E-state index is 0.136. The maximum absolute atomic E-state index is 11.7. The molecular formula is C16H18O6. The predicted octanol–water partition coefficient (Wildman–Crippen LogP) is 2.07. The predicted molar refractivity (Wildman–Crippen MR) is 79.4 cm³/mol. The van der Waals surface area contributed by atoms with E-state index in [9.17, 15) is 14.4 Å². The second-order valence-electron chi connectivity index (χ2n) is 4.38. The van der Waals surface area contributed by atoms with E-state index >= 15 is 0 Å². The van der Waals surface area contributed by atoms with Crippen LogP contribution < -0.4 is 0 Å². The van der Waals surface area contributed by atoms with E-state index in [1.165, 1.54) is 13.2 Å². The van der Waals surface area contributed by atoms with Crippen LogP contribution in [-0.4, -0.2) is 36.7 Å². The molecule has 0 radical (unpaired) electrons. The molecule has 0 atom stereocenters. The summed E-state index contributed by atoms with van der Waals surface area (Å²) in [6.45, 7) is 1.97. The first-order valence-electron chi connectivity index (χ1n) is 6.75. The summed E-state index contributed by atoms with van der Waals surface area (Å²) in [5.41, 5.74) is 1.65. The van der Waals surface area contributed by atoms with E-state index in [1.807, 2.05) is 0 Å². The molecule has 118 valence electrons. The van der Waals surface area contributed by atoms with E-state index in [0.29, 0.717) is 23.1 Å². The van der Waals surface area contributed by atoms with Gasteiger partial charge in [-0.05, 0) is 42.7 Å². The van der Waals surface area contributed by atoms with Crippen molar-refractivity contribution in [2.24, 2.45) is 0 Å². The van der Waals surface area contributed by atoms with Crippen molar-refractivity contribution in [3.8, 4) is 0 Å². The smallest absolute Gasteiger partial charge is 0.338 e. The van der Waals surface area contributed by atoms with Crippen LogP contribution >= 0.6 is 0 Å². The number of hydrogen-bond acceptors (Lipinski definition) is 5. The maximum atomic E-state index is 11.7. The number of carbonyl (C=O) groups is 3. The fourth-order valence-corrected chi connectivity index (χ4v) is 1.83. The average Bonchev–Trinajstić information content (AvgIpc) is 2.50. The molecular weight excluding hydrogens is 288 g/mol. The first-order chi connectivity index (χ1) is 10.5. The number of hydrogen-bond donors (Lipinski definition) is 1. The van der Waals surface area contributed by atoms with Crippen molar-refractivity contribution in [1.82, 2.24) is 0 Å². The van der Waals surface area contributed by atoms with Crippen LogP contribution in [0.5, 0.6) is 0 Å². The van der Waals surface area contributed by atoms with Gasteiger partial charge in [0.05, 0.1) is 19.3 Å². The highest BCUT2D eigenvalue weighted by Gasteiger charge is 2.11. The summed E-state index contributed by atoms with van der Waals surface area (Å²) in [5, 5.41) is 8.70. The molecule has 6 nitrogen and oxygen atoms in total. The van der Waals surface area contributed by atoms with Gasteiger partial charge in [-0.1, -0.05) is 6.07 Å². The largest absolute Gasteiger partial charge is 0.478 e. The molecule has 0 saturated carbocycles. The standard InChI is InChI=1S/C16H18O6/c1-3-22-16(20)13-5-4-11(6-8-14(17)18)12(10-13)7-9-15(19)21-2/h4-6,8,10H,3,7,9H2,1-2H3,(H,17,18)/b8-6+. The van der Waals surface area contributed by atoms with Crippen molar-refractivity contribution in [2.75, 3.05) is 13.7 Å². The molecule has 0 aliphatic rings. The second-order valence-corrected chi connectivity index (χ2v) is 4.38. The molecule has 1 aromatic carbocycles. The summed E-state index contributed by atoms with van der Waals surface area (Å²) in [4.78, 5) is 33.6. The number of aryl methyl sites for hydroxylation is 1. The number of rotatable bonds is 7. The van der Waals surface area contributed by atoms with Gasteiger partial charge in [-0.15, -0.1) is 0 Å². The van der Waals surface area contributed by atoms with Crippen molar-refractivity contribution in [2.45, 2.75) is 19.8 Å². The van der Waals surface area contributed by atoms with Gasteiger partial charge in [-0.25, -0.2) is 9.59 Å². The zero-order valence-corrected chi connectivity index (χ0v) is 12.5. The van der Waals surface area contributed by atoms with Gasteiger partial charge in [0.1, 0.15) is 0 Å². The highest BCUT2D eigenvalue weighted by Crippen LogP contribution is 2.17. The topological polar surface area (TPSA) is 89.9 Å². The summed E-state index contributed by atoms with van der Waals surface area (Å²) >= 11 is 0. The Balaban J connectivity index is 3.07. The number of esters is 2. The van der Waals surface area contributed by atoms with Crippen molar-refractivity contribution in [3.05, 3.63) is 41.0 Å². The molecule has 0 unspecified atom stereocenters. The Kier molecular flexibility index (Phi) is 6.82. The lowest BCUT2D eigenvalue weighted by molar-refractivity contribution is -0.140. The molecule has 0 spiro atoms. The fourth-order valence-electron chi connectivity index (χ4n) is 1.83. The number of carboxylic acid groups (broad SMARTS) is 1. The third-order valence-corrected chi connectivity index (χ3v) is 2.89. The van der Waals surface area contributed by atoms with E-state index in [1.54, 1.807) is 25.1 Å². The molecule has 22 heavy (non-hydrogen) atoms. The van der Waals surface area contributed by atoms with Crippen LogP contribution in [0.4, 0.5) is 0 Å². The number of aliphatic carboxylic acids is 1. The van der Waals surface area contributed by atoms with Crippen LogP contribution in [0, 0.1) is 0 Å². The zero-order chi connectivity index (χ0) is 16.5. The van der Waals surface area contributed by atoms with Crippen molar-refractivity contribution >= 4 is 24.0 Å². The van der Waals surface area contributed by atoms with Gasteiger partial charge in [-0.2, -0.15) is 0 Å². The van der Waals surface area contributed by atoms with E-state index < -0.39 is 11.9 Å². The monoisotopic (exact) mass is 306 g/mol. The first-order valence-corrected chi connectivity index (χ1v) is 6.75. The molecule has 0 aliphatic heterocycles. The quantitative estimate of drug-likeness (QED) is 0.612. The highest BCUT2D eigenvalue weighted by molar-refractivity contribution is 5.91. The molecule has 1 aromatic rings. The Morgan fingerprint density at radius 1 is 1.27 bits per heavy atom. The summed E-state index contributed by atoms with van der Waals surface area (Å²) in [6, 6.07) is 4.78. The Bertz CT molecular complexity index is 588. The Hall–Kier alpha value is -2.63. The van der Waals surface area contributed by atoms with Crippen LogP contribution in [0.25, 0.3) is 6.08 Å². The fraction of sp³-hybridized carbons (Fsp3) is 0.312. The van der Waals surface area contributed by atoms with Gasteiger partial charge in [0.2, 0.25) is 0 Å². The lowest BCUT2D eigenvalue weighted by Crippen LogP contribution is -2.07. The molecule has 0 aromatic heterocycles. The van der Waals surface area contributed by atoms with Crippen LogP contribution in [0.15, 0.2) is 24.3 Å².